The Bertz CT molecular complexity index is 315. The summed E-state index contributed by atoms with van der Waals surface area (Å²) in [5, 5.41) is 8.64. The van der Waals surface area contributed by atoms with Crippen LogP contribution in [0, 0.1) is 10.2 Å². The van der Waals surface area contributed by atoms with E-state index in [0.717, 1.165) is 6.54 Å². The van der Waals surface area contributed by atoms with Crippen LogP contribution in [-0.4, -0.2) is 34.0 Å². The molecule has 0 unspecified atom stereocenters. The van der Waals surface area contributed by atoms with Crippen molar-refractivity contribution < 1.29 is 0 Å². The first-order valence-electron chi connectivity index (χ1n) is 4.02. The van der Waals surface area contributed by atoms with E-state index >= 15 is 0 Å². The molecule has 0 spiro atoms. The van der Waals surface area contributed by atoms with Crippen LogP contribution in [0.5, 0.6) is 0 Å². The summed E-state index contributed by atoms with van der Waals surface area (Å²) < 4.78 is 1.20. The van der Waals surface area contributed by atoms with Crippen molar-refractivity contribution in [3.05, 3.63) is 29.8 Å². The summed E-state index contributed by atoms with van der Waals surface area (Å²) in [5.74, 6) is 0. The summed E-state index contributed by atoms with van der Waals surface area (Å²) in [6.07, 6.45) is 0. The van der Waals surface area contributed by atoms with E-state index < -0.39 is 0 Å². The number of nitriles is 1. The molecule has 68 valence electrons. The zero-order chi connectivity index (χ0) is 9.68. The summed E-state index contributed by atoms with van der Waals surface area (Å²) in [5.41, 5.74) is 1.27. The Morgan fingerprint density at radius 3 is 2.69 bits per heavy atom. The van der Waals surface area contributed by atoms with Gasteiger partial charge in [0, 0.05) is 0 Å². The van der Waals surface area contributed by atoms with Crippen molar-refractivity contribution in [2.24, 2.45) is 0 Å². The quantitative estimate of drug-likeness (QED) is 0.721. The van der Waals surface area contributed by atoms with Gasteiger partial charge in [0.2, 0.25) is 0 Å². The van der Waals surface area contributed by atoms with Crippen molar-refractivity contribution in [3.8, 4) is 4.97 Å². The molecule has 3 heteroatoms. The molecule has 0 saturated carbocycles. The van der Waals surface area contributed by atoms with E-state index in [1.165, 1.54) is 10.0 Å². The van der Waals surface area contributed by atoms with Crippen molar-refractivity contribution >= 4 is 19.4 Å². The molecule has 0 heterocycles. The monoisotopic (exact) mass is 240 g/mol. The van der Waals surface area contributed by atoms with Crippen molar-refractivity contribution in [2.75, 3.05) is 14.1 Å². The second-order valence-corrected chi connectivity index (χ2v) is 4.77. The molecule has 1 rings (SSSR count). The third-order valence-corrected chi connectivity index (χ3v) is 3.10. The first kappa shape index (κ1) is 10.3. The number of hydrogen-bond donors (Lipinski definition) is 0. The maximum atomic E-state index is 8.64. The van der Waals surface area contributed by atoms with Gasteiger partial charge in [0.25, 0.3) is 0 Å². The molecule has 1 aromatic carbocycles. The molecule has 0 saturated heterocycles. The van der Waals surface area contributed by atoms with Gasteiger partial charge >= 0.3 is 85.0 Å². The van der Waals surface area contributed by atoms with Gasteiger partial charge in [0.1, 0.15) is 0 Å². The van der Waals surface area contributed by atoms with Gasteiger partial charge in [-0.15, -0.1) is 0 Å². The Hall–Kier alpha value is -0.811. The Labute approximate surface area is 85.3 Å². The third kappa shape index (κ3) is 3.20. The van der Waals surface area contributed by atoms with Crippen LogP contribution in [0.15, 0.2) is 24.3 Å². The fourth-order valence-electron chi connectivity index (χ4n) is 1.12. The number of rotatable bonds is 3. The van der Waals surface area contributed by atoms with E-state index in [4.69, 9.17) is 5.26 Å². The van der Waals surface area contributed by atoms with Gasteiger partial charge in [-0.3, -0.25) is 0 Å². The summed E-state index contributed by atoms with van der Waals surface area (Å²) in [6, 6.07) is 8.15. The molecule has 0 aromatic heterocycles. The zero-order valence-corrected chi connectivity index (χ0v) is 9.53. The van der Waals surface area contributed by atoms with Crippen molar-refractivity contribution in [3.63, 3.8) is 0 Å². The van der Waals surface area contributed by atoms with Gasteiger partial charge in [0.05, 0.1) is 0 Å². The summed E-state index contributed by atoms with van der Waals surface area (Å²) in [7, 11) is 4.08. The minimum atomic E-state index is -0.0351. The van der Waals surface area contributed by atoms with Gasteiger partial charge in [-0.1, -0.05) is 0 Å². The standard InChI is InChI=1S/C10H12N2Se/c1-12(2)7-9-5-3-4-6-10(9)13-8-11/h3-6H,7H2,1-2H3. The first-order chi connectivity index (χ1) is 6.24. The molecule has 0 fully saturated rings. The number of benzene rings is 1. The van der Waals surface area contributed by atoms with Crippen LogP contribution in [0.4, 0.5) is 0 Å². The molecular formula is C10H12N2Se. The van der Waals surface area contributed by atoms with Gasteiger partial charge in [0.15, 0.2) is 0 Å². The summed E-state index contributed by atoms with van der Waals surface area (Å²) >= 11 is -0.0351. The van der Waals surface area contributed by atoms with Crippen molar-refractivity contribution in [2.45, 2.75) is 6.54 Å². The van der Waals surface area contributed by atoms with Crippen LogP contribution in [-0.2, 0) is 6.54 Å². The molecule has 0 amide bonds. The average Bonchev–Trinajstić information content (AvgIpc) is 2.08. The third-order valence-electron chi connectivity index (χ3n) is 1.61. The van der Waals surface area contributed by atoms with Gasteiger partial charge < -0.3 is 0 Å². The molecule has 0 atom stereocenters. The van der Waals surface area contributed by atoms with Crippen LogP contribution < -0.4 is 4.46 Å². The minimum absolute atomic E-state index is 0.0351. The summed E-state index contributed by atoms with van der Waals surface area (Å²) in [4.78, 5) is 4.36. The van der Waals surface area contributed by atoms with Crippen LogP contribution in [0.25, 0.3) is 0 Å². The van der Waals surface area contributed by atoms with Crippen LogP contribution in [0.3, 0.4) is 0 Å². The SMILES string of the molecule is CN(C)Cc1ccccc1[Se]C#N. The molecular weight excluding hydrogens is 227 g/mol. The van der Waals surface area contributed by atoms with E-state index in [1.807, 2.05) is 32.3 Å². The predicted octanol–water partition coefficient (Wildman–Crippen LogP) is 0.559. The molecule has 1 aromatic rings. The Balaban J connectivity index is 2.85. The molecule has 0 N–H and O–H groups in total. The van der Waals surface area contributed by atoms with Gasteiger partial charge in [-0.2, -0.15) is 0 Å². The van der Waals surface area contributed by atoms with Crippen molar-refractivity contribution in [1.29, 1.82) is 5.26 Å². The van der Waals surface area contributed by atoms with E-state index in [2.05, 4.69) is 15.9 Å². The Morgan fingerprint density at radius 1 is 1.38 bits per heavy atom. The first-order valence-corrected chi connectivity index (χ1v) is 5.74. The molecule has 0 radical (unpaired) electrons. The van der Waals surface area contributed by atoms with E-state index in [1.54, 1.807) is 0 Å². The second kappa shape index (κ2) is 5.04. The molecule has 13 heavy (non-hydrogen) atoms. The van der Waals surface area contributed by atoms with Gasteiger partial charge in [-0.05, 0) is 0 Å². The molecule has 0 aliphatic rings. The fraction of sp³-hybridized carbons (Fsp3) is 0.300. The normalized spacial score (nSPS) is 10.0. The second-order valence-electron chi connectivity index (χ2n) is 3.04. The summed E-state index contributed by atoms with van der Waals surface area (Å²) in [6.45, 7) is 0.916. The molecule has 0 aliphatic heterocycles. The molecule has 0 aliphatic carbocycles. The topological polar surface area (TPSA) is 27.0 Å². The van der Waals surface area contributed by atoms with Crippen LogP contribution in [0.2, 0.25) is 0 Å². The van der Waals surface area contributed by atoms with E-state index in [9.17, 15) is 0 Å². The Kier molecular flexibility index (Phi) is 3.98. The molecule has 0 bridgehead atoms. The maximum absolute atomic E-state index is 8.64. The fourth-order valence-corrected chi connectivity index (χ4v) is 2.19. The van der Waals surface area contributed by atoms with E-state index in [0.29, 0.717) is 0 Å². The van der Waals surface area contributed by atoms with Crippen LogP contribution >= 0.6 is 0 Å². The number of nitrogens with zero attached hydrogens (tertiary/aromatic N) is 2. The predicted molar refractivity (Wildman–Crippen MR) is 54.8 cm³/mol. The van der Waals surface area contributed by atoms with E-state index in [-0.39, 0.29) is 15.0 Å². The van der Waals surface area contributed by atoms with Gasteiger partial charge in [-0.25, -0.2) is 0 Å². The van der Waals surface area contributed by atoms with Crippen LogP contribution in [0.1, 0.15) is 5.56 Å². The molecule has 2 nitrogen and oxygen atoms in total. The number of hydrogen-bond acceptors (Lipinski definition) is 2. The Morgan fingerprint density at radius 2 is 2.08 bits per heavy atom. The zero-order valence-electron chi connectivity index (χ0n) is 7.82. The average molecular weight is 239 g/mol. The van der Waals surface area contributed by atoms with Crippen molar-refractivity contribution in [1.82, 2.24) is 4.90 Å².